The Morgan fingerprint density at radius 1 is 1.28 bits per heavy atom. The number of hydrogen-bond acceptors (Lipinski definition) is 4. The Morgan fingerprint density at radius 3 is 2.50 bits per heavy atom. The molecule has 0 amide bonds. The summed E-state index contributed by atoms with van der Waals surface area (Å²) < 4.78 is 26.6. The molecule has 7 heteroatoms. The first-order valence-electron chi connectivity index (χ1n) is 5.23. The molecular weight excluding hydrogens is 252 g/mol. The number of para-hydroxylation sites is 1. The van der Waals surface area contributed by atoms with Crippen molar-refractivity contribution < 1.29 is 8.42 Å². The maximum Gasteiger partial charge on any atom is 0.229 e. The van der Waals surface area contributed by atoms with E-state index in [0.717, 1.165) is 6.26 Å². The standard InChI is InChI=1S/C11H14N4O2S/c1-15-11(12)9(7-13-15)8-5-3-4-6-10(8)14-18(2,16)17/h3-7,14H,12H2,1-2H3. The summed E-state index contributed by atoms with van der Waals surface area (Å²) in [6.45, 7) is 0. The Morgan fingerprint density at radius 2 is 1.94 bits per heavy atom. The summed E-state index contributed by atoms with van der Waals surface area (Å²) in [5.41, 5.74) is 7.78. The Labute approximate surface area is 105 Å². The van der Waals surface area contributed by atoms with Crippen LogP contribution in [0.5, 0.6) is 0 Å². The fraction of sp³-hybridized carbons (Fsp3) is 0.182. The largest absolute Gasteiger partial charge is 0.383 e. The second kappa shape index (κ2) is 4.34. The molecule has 18 heavy (non-hydrogen) atoms. The monoisotopic (exact) mass is 266 g/mol. The lowest BCUT2D eigenvalue weighted by molar-refractivity contribution is 0.607. The van der Waals surface area contributed by atoms with Crippen LogP contribution in [0.3, 0.4) is 0 Å². The van der Waals surface area contributed by atoms with Crippen molar-refractivity contribution in [3.05, 3.63) is 30.5 Å². The highest BCUT2D eigenvalue weighted by Gasteiger charge is 2.13. The van der Waals surface area contributed by atoms with Gasteiger partial charge in [0.25, 0.3) is 0 Å². The van der Waals surface area contributed by atoms with Crippen molar-refractivity contribution in [1.29, 1.82) is 0 Å². The minimum absolute atomic E-state index is 0.484. The third-order valence-electron chi connectivity index (χ3n) is 2.50. The molecule has 0 spiro atoms. The van der Waals surface area contributed by atoms with Crippen molar-refractivity contribution in [1.82, 2.24) is 9.78 Å². The minimum Gasteiger partial charge on any atom is -0.383 e. The SMILES string of the molecule is Cn1ncc(-c2ccccc2NS(C)(=O)=O)c1N. The minimum atomic E-state index is -3.33. The van der Waals surface area contributed by atoms with Crippen LogP contribution in [0.15, 0.2) is 30.5 Å². The Kier molecular flexibility index (Phi) is 3.00. The fourth-order valence-electron chi connectivity index (χ4n) is 1.66. The zero-order valence-corrected chi connectivity index (χ0v) is 10.9. The summed E-state index contributed by atoms with van der Waals surface area (Å²) in [7, 11) is -1.60. The lowest BCUT2D eigenvalue weighted by Gasteiger charge is -2.09. The van der Waals surface area contributed by atoms with E-state index in [0.29, 0.717) is 22.6 Å². The highest BCUT2D eigenvalue weighted by atomic mass is 32.2. The molecule has 0 aliphatic heterocycles. The summed E-state index contributed by atoms with van der Waals surface area (Å²) in [5.74, 6) is 0.484. The van der Waals surface area contributed by atoms with Gasteiger partial charge in [-0.15, -0.1) is 0 Å². The summed E-state index contributed by atoms with van der Waals surface area (Å²) >= 11 is 0. The predicted molar refractivity (Wildman–Crippen MR) is 71.5 cm³/mol. The molecule has 0 saturated heterocycles. The maximum atomic E-state index is 11.3. The van der Waals surface area contributed by atoms with Gasteiger partial charge in [-0.3, -0.25) is 9.40 Å². The van der Waals surface area contributed by atoms with Gasteiger partial charge in [-0.1, -0.05) is 18.2 Å². The van der Waals surface area contributed by atoms with E-state index < -0.39 is 10.0 Å². The number of anilines is 2. The second-order valence-corrected chi connectivity index (χ2v) is 5.74. The van der Waals surface area contributed by atoms with E-state index in [2.05, 4.69) is 9.82 Å². The Balaban J connectivity index is 2.55. The van der Waals surface area contributed by atoms with E-state index in [1.165, 1.54) is 4.68 Å². The average molecular weight is 266 g/mol. The van der Waals surface area contributed by atoms with Crippen molar-refractivity contribution in [3.8, 4) is 11.1 Å². The summed E-state index contributed by atoms with van der Waals surface area (Å²) in [5, 5.41) is 4.04. The smallest absolute Gasteiger partial charge is 0.229 e. The zero-order chi connectivity index (χ0) is 13.3. The molecule has 96 valence electrons. The number of benzene rings is 1. The van der Waals surface area contributed by atoms with Gasteiger partial charge in [-0.2, -0.15) is 5.10 Å². The molecule has 0 aliphatic carbocycles. The number of nitrogens with zero attached hydrogens (tertiary/aromatic N) is 2. The quantitative estimate of drug-likeness (QED) is 0.868. The molecule has 0 atom stereocenters. The number of aromatic nitrogens is 2. The first-order valence-corrected chi connectivity index (χ1v) is 7.12. The van der Waals surface area contributed by atoms with Crippen LogP contribution >= 0.6 is 0 Å². The molecule has 0 unspecified atom stereocenters. The van der Waals surface area contributed by atoms with Crippen molar-refractivity contribution in [2.24, 2.45) is 7.05 Å². The van der Waals surface area contributed by atoms with E-state index in [1.807, 2.05) is 6.07 Å². The third kappa shape index (κ3) is 2.45. The van der Waals surface area contributed by atoms with Crippen LogP contribution in [0.4, 0.5) is 11.5 Å². The van der Waals surface area contributed by atoms with E-state index >= 15 is 0 Å². The maximum absolute atomic E-state index is 11.3. The first kappa shape index (κ1) is 12.4. The van der Waals surface area contributed by atoms with Gasteiger partial charge in [-0.25, -0.2) is 8.42 Å². The van der Waals surface area contributed by atoms with Gasteiger partial charge in [0.05, 0.1) is 18.1 Å². The van der Waals surface area contributed by atoms with Crippen molar-refractivity contribution in [2.45, 2.75) is 0 Å². The summed E-state index contributed by atoms with van der Waals surface area (Å²) in [6, 6.07) is 7.04. The first-order chi connectivity index (χ1) is 8.38. The summed E-state index contributed by atoms with van der Waals surface area (Å²) in [6.07, 6.45) is 2.72. The molecular formula is C11H14N4O2S. The number of nitrogens with two attached hydrogens (primary N) is 1. The van der Waals surface area contributed by atoms with Crippen molar-refractivity contribution >= 4 is 21.5 Å². The molecule has 2 aromatic rings. The van der Waals surface area contributed by atoms with E-state index in [9.17, 15) is 8.42 Å². The Hall–Kier alpha value is -2.02. The number of sulfonamides is 1. The van der Waals surface area contributed by atoms with Crippen LogP contribution in [0, 0.1) is 0 Å². The topological polar surface area (TPSA) is 90.0 Å². The van der Waals surface area contributed by atoms with Crippen LogP contribution in [-0.2, 0) is 17.1 Å². The second-order valence-electron chi connectivity index (χ2n) is 3.99. The van der Waals surface area contributed by atoms with E-state index in [4.69, 9.17) is 5.73 Å². The van der Waals surface area contributed by atoms with Gasteiger partial charge in [0.2, 0.25) is 10.0 Å². The van der Waals surface area contributed by atoms with Gasteiger partial charge >= 0.3 is 0 Å². The zero-order valence-electron chi connectivity index (χ0n) is 10.1. The van der Waals surface area contributed by atoms with Crippen LogP contribution in [-0.4, -0.2) is 24.5 Å². The number of hydrogen-bond donors (Lipinski definition) is 2. The van der Waals surface area contributed by atoms with Gasteiger partial charge in [0.15, 0.2) is 0 Å². The van der Waals surface area contributed by atoms with Crippen LogP contribution in [0.25, 0.3) is 11.1 Å². The van der Waals surface area contributed by atoms with E-state index in [-0.39, 0.29) is 0 Å². The number of rotatable bonds is 3. The third-order valence-corrected chi connectivity index (χ3v) is 3.09. The Bertz CT molecular complexity index is 676. The molecule has 0 fully saturated rings. The highest BCUT2D eigenvalue weighted by molar-refractivity contribution is 7.92. The van der Waals surface area contributed by atoms with Crippen LogP contribution in [0.1, 0.15) is 0 Å². The average Bonchev–Trinajstić information content (AvgIpc) is 2.59. The van der Waals surface area contributed by atoms with E-state index in [1.54, 1.807) is 31.4 Å². The van der Waals surface area contributed by atoms with Crippen molar-refractivity contribution in [3.63, 3.8) is 0 Å². The molecule has 0 bridgehead atoms. The summed E-state index contributed by atoms with van der Waals surface area (Å²) in [4.78, 5) is 0. The lowest BCUT2D eigenvalue weighted by Crippen LogP contribution is -2.10. The molecule has 2 rings (SSSR count). The normalized spacial score (nSPS) is 11.4. The van der Waals surface area contributed by atoms with Crippen LogP contribution in [0.2, 0.25) is 0 Å². The van der Waals surface area contributed by atoms with Gasteiger partial charge in [0, 0.05) is 18.2 Å². The number of nitrogen functional groups attached to an aromatic ring is 1. The van der Waals surface area contributed by atoms with Gasteiger partial charge in [-0.05, 0) is 6.07 Å². The van der Waals surface area contributed by atoms with Gasteiger partial charge in [0.1, 0.15) is 5.82 Å². The van der Waals surface area contributed by atoms with Crippen LogP contribution < -0.4 is 10.5 Å². The molecule has 1 aromatic heterocycles. The predicted octanol–water partition coefficient (Wildman–Crippen LogP) is 1.04. The molecule has 1 aromatic carbocycles. The molecule has 3 N–H and O–H groups in total. The fourth-order valence-corrected chi connectivity index (χ4v) is 2.24. The molecule has 0 saturated carbocycles. The lowest BCUT2D eigenvalue weighted by atomic mass is 10.1. The number of aryl methyl sites for hydroxylation is 1. The molecule has 0 aliphatic rings. The van der Waals surface area contributed by atoms with Crippen molar-refractivity contribution in [2.75, 3.05) is 16.7 Å². The molecule has 1 heterocycles. The molecule has 6 nitrogen and oxygen atoms in total. The molecule has 0 radical (unpaired) electrons. The van der Waals surface area contributed by atoms with Gasteiger partial charge < -0.3 is 5.73 Å². The number of nitrogens with one attached hydrogen (secondary N) is 1. The highest BCUT2D eigenvalue weighted by Crippen LogP contribution is 2.31.